The third kappa shape index (κ3) is 4.63. The van der Waals surface area contributed by atoms with Crippen molar-refractivity contribution in [1.82, 2.24) is 15.2 Å². The molecule has 9 aromatic rings. The van der Waals surface area contributed by atoms with Crippen LogP contribution in [-0.4, -0.2) is 10.4 Å². The van der Waals surface area contributed by atoms with Gasteiger partial charge in [-0.1, -0.05) is 153 Å². The molecule has 4 nitrogen and oxygen atoms in total. The minimum Gasteiger partial charge on any atom is -0.350 e. The topological polar surface area (TPSA) is 41.4 Å². The lowest BCUT2D eigenvalue weighted by molar-refractivity contribution is 0.411. The van der Waals surface area contributed by atoms with Gasteiger partial charge in [-0.15, -0.1) is 0 Å². The molecule has 258 valence electrons. The van der Waals surface area contributed by atoms with Gasteiger partial charge in [0.25, 0.3) is 0 Å². The number of nitrogens with one attached hydrogen (secondary N) is 2. The third-order valence-corrected chi connectivity index (χ3v) is 11.9. The first-order valence-electron chi connectivity index (χ1n) is 18.9. The highest BCUT2D eigenvalue weighted by atomic mass is 15.3. The Bertz CT molecular complexity index is 2990. The van der Waals surface area contributed by atoms with E-state index in [2.05, 4.69) is 199 Å². The van der Waals surface area contributed by atoms with E-state index < -0.39 is 0 Å². The Labute approximate surface area is 314 Å². The molecule has 0 amide bonds. The fraction of sp³-hybridized carbons (Fsp3) is 0.100. The van der Waals surface area contributed by atoms with Crippen molar-refractivity contribution in [3.05, 3.63) is 198 Å². The average Bonchev–Trinajstić information content (AvgIpc) is 3.66. The second-order valence-electron chi connectivity index (χ2n) is 15.3. The smallest absolute Gasteiger partial charge is 0.131 e. The number of aliphatic imine (C=N–C) groups is 1. The van der Waals surface area contributed by atoms with Gasteiger partial charge >= 0.3 is 0 Å². The largest absolute Gasteiger partial charge is 0.350 e. The van der Waals surface area contributed by atoms with E-state index in [1.54, 1.807) is 0 Å². The number of rotatable bonds is 4. The van der Waals surface area contributed by atoms with Crippen molar-refractivity contribution in [3.8, 4) is 16.8 Å². The van der Waals surface area contributed by atoms with Crippen LogP contribution in [0, 0.1) is 0 Å². The summed E-state index contributed by atoms with van der Waals surface area (Å²) >= 11 is 0. The Morgan fingerprint density at radius 3 is 2.13 bits per heavy atom. The molecule has 0 bridgehead atoms. The van der Waals surface area contributed by atoms with E-state index in [9.17, 15) is 0 Å². The summed E-state index contributed by atoms with van der Waals surface area (Å²) in [4.78, 5) is 5.34. The SMILES string of the molecule is CC1(C)c2ccccc2-c2ccc(C3=NC(c4ccccc4)NC(c4cccc5c(-n6c7ccccc7c7cc8ccccc8cc76)cccc45)N3)cc21. The average molecular weight is 695 g/mol. The molecule has 11 rings (SSSR count). The van der Waals surface area contributed by atoms with Gasteiger partial charge in [-0.05, 0) is 79.9 Å². The summed E-state index contributed by atoms with van der Waals surface area (Å²) in [5, 5.41) is 15.2. The minimum absolute atomic E-state index is 0.0984. The summed E-state index contributed by atoms with van der Waals surface area (Å²) in [6, 6.07) is 61.9. The zero-order chi connectivity index (χ0) is 36.0. The standard InChI is InChI=1S/C50H38N4/c1-50(2)42-23-10-8-18-36(42)37-27-26-34(29-43(37)50)48-51-47(31-14-4-3-5-15-31)52-49(53-48)40-22-12-21-38-35(40)20-13-25-45(38)54-44-24-11-9-19-39(44)41-28-32-16-6-7-17-33(32)30-46(41)54/h3-30,47,49,52H,1-2H3,(H,51,53). The van der Waals surface area contributed by atoms with Gasteiger partial charge < -0.3 is 9.88 Å². The normalized spacial score (nSPS) is 17.4. The van der Waals surface area contributed by atoms with Crippen molar-refractivity contribution in [1.29, 1.82) is 0 Å². The number of nitrogens with zero attached hydrogens (tertiary/aromatic N) is 2. The summed E-state index contributed by atoms with van der Waals surface area (Å²) in [5.74, 6) is 0.893. The van der Waals surface area contributed by atoms with Crippen molar-refractivity contribution >= 4 is 49.2 Å². The molecule has 54 heavy (non-hydrogen) atoms. The summed E-state index contributed by atoms with van der Waals surface area (Å²) in [5.41, 5.74) is 12.2. The highest BCUT2D eigenvalue weighted by Crippen LogP contribution is 2.49. The number of aromatic nitrogens is 1. The molecule has 8 aromatic carbocycles. The molecule has 1 aliphatic carbocycles. The molecule has 0 spiro atoms. The van der Waals surface area contributed by atoms with Crippen LogP contribution < -0.4 is 10.6 Å². The van der Waals surface area contributed by atoms with Gasteiger partial charge in [-0.2, -0.15) is 0 Å². The molecule has 0 fully saturated rings. The highest BCUT2D eigenvalue weighted by molar-refractivity contribution is 6.14. The predicted molar refractivity (Wildman–Crippen MR) is 225 cm³/mol. The molecule has 0 saturated heterocycles. The van der Waals surface area contributed by atoms with Crippen molar-refractivity contribution < 1.29 is 0 Å². The maximum absolute atomic E-state index is 5.34. The first-order valence-corrected chi connectivity index (χ1v) is 18.9. The van der Waals surface area contributed by atoms with Crippen LogP contribution in [0.1, 0.15) is 54.0 Å². The lowest BCUT2D eigenvalue weighted by Gasteiger charge is -2.33. The lowest BCUT2D eigenvalue weighted by atomic mass is 9.82. The van der Waals surface area contributed by atoms with Gasteiger partial charge in [-0.25, -0.2) is 4.99 Å². The molecule has 2 unspecified atom stereocenters. The van der Waals surface area contributed by atoms with Crippen molar-refractivity contribution in [3.63, 3.8) is 0 Å². The molecule has 1 aliphatic heterocycles. The Hall–Kier alpha value is -6.49. The van der Waals surface area contributed by atoms with Crippen molar-refractivity contribution in [2.24, 2.45) is 4.99 Å². The summed E-state index contributed by atoms with van der Waals surface area (Å²) in [6.45, 7) is 4.67. The molecular weight excluding hydrogens is 657 g/mol. The van der Waals surface area contributed by atoms with Crippen LogP contribution in [0.4, 0.5) is 0 Å². The third-order valence-electron chi connectivity index (χ3n) is 11.9. The fourth-order valence-corrected chi connectivity index (χ4v) is 9.20. The van der Waals surface area contributed by atoms with Gasteiger partial charge in [0.1, 0.15) is 18.2 Å². The maximum Gasteiger partial charge on any atom is 0.131 e. The number of hydrogen-bond acceptors (Lipinski definition) is 3. The molecule has 2 N–H and O–H groups in total. The Morgan fingerprint density at radius 2 is 1.24 bits per heavy atom. The molecule has 0 saturated carbocycles. The van der Waals surface area contributed by atoms with Crippen LogP contribution in [0.5, 0.6) is 0 Å². The molecule has 1 aromatic heterocycles. The molecule has 2 aliphatic rings. The van der Waals surface area contributed by atoms with Crippen LogP contribution in [0.25, 0.3) is 60.2 Å². The predicted octanol–water partition coefficient (Wildman–Crippen LogP) is 11.7. The lowest BCUT2D eigenvalue weighted by Crippen LogP contribution is -2.45. The van der Waals surface area contributed by atoms with E-state index in [1.165, 1.54) is 76.9 Å². The molecule has 2 atom stereocenters. The molecule has 2 heterocycles. The van der Waals surface area contributed by atoms with E-state index in [0.717, 1.165) is 17.0 Å². The van der Waals surface area contributed by atoms with E-state index in [-0.39, 0.29) is 17.7 Å². The first-order chi connectivity index (χ1) is 26.5. The summed E-state index contributed by atoms with van der Waals surface area (Å²) in [7, 11) is 0. The highest BCUT2D eigenvalue weighted by Gasteiger charge is 2.36. The van der Waals surface area contributed by atoms with Gasteiger partial charge in [-0.3, -0.25) is 5.32 Å². The van der Waals surface area contributed by atoms with Crippen LogP contribution in [-0.2, 0) is 5.41 Å². The summed E-state index contributed by atoms with van der Waals surface area (Å²) in [6.07, 6.45) is -0.419. The van der Waals surface area contributed by atoms with Crippen LogP contribution in [0.3, 0.4) is 0 Å². The Balaban J connectivity index is 1.06. The first kappa shape index (κ1) is 31.1. The molecular formula is C50H38N4. The summed E-state index contributed by atoms with van der Waals surface area (Å²) < 4.78 is 2.45. The molecule has 0 radical (unpaired) electrons. The van der Waals surface area contributed by atoms with Gasteiger partial charge in [0.05, 0.1) is 16.7 Å². The quantitative estimate of drug-likeness (QED) is 0.193. The van der Waals surface area contributed by atoms with E-state index in [4.69, 9.17) is 4.99 Å². The monoisotopic (exact) mass is 694 g/mol. The minimum atomic E-state index is -0.227. The van der Waals surface area contributed by atoms with Crippen LogP contribution in [0.15, 0.2) is 175 Å². The number of benzene rings is 8. The van der Waals surface area contributed by atoms with Crippen LogP contribution >= 0.6 is 0 Å². The van der Waals surface area contributed by atoms with Crippen molar-refractivity contribution in [2.45, 2.75) is 31.6 Å². The van der Waals surface area contributed by atoms with Gasteiger partial charge in [0, 0.05) is 27.1 Å². The van der Waals surface area contributed by atoms with E-state index in [0.29, 0.717) is 0 Å². The van der Waals surface area contributed by atoms with E-state index in [1.807, 2.05) is 0 Å². The van der Waals surface area contributed by atoms with Crippen molar-refractivity contribution in [2.75, 3.05) is 0 Å². The number of amidine groups is 1. The second kappa shape index (κ2) is 11.8. The van der Waals surface area contributed by atoms with E-state index >= 15 is 0 Å². The van der Waals surface area contributed by atoms with Gasteiger partial charge in [0.15, 0.2) is 0 Å². The van der Waals surface area contributed by atoms with Crippen LogP contribution in [0.2, 0.25) is 0 Å². The fourth-order valence-electron chi connectivity index (χ4n) is 9.20. The second-order valence-corrected chi connectivity index (χ2v) is 15.3. The number of fused-ring (bicyclic) bond motifs is 8. The maximum atomic E-state index is 5.34. The molecule has 4 heteroatoms. The van der Waals surface area contributed by atoms with Gasteiger partial charge in [0.2, 0.25) is 0 Å². The Kier molecular flexibility index (Phi) is 6.77. The zero-order valence-electron chi connectivity index (χ0n) is 30.2. The zero-order valence-corrected chi connectivity index (χ0v) is 30.2. The number of para-hydroxylation sites is 1. The number of hydrogen-bond donors (Lipinski definition) is 2. The Morgan fingerprint density at radius 1 is 0.537 bits per heavy atom.